The van der Waals surface area contributed by atoms with Crippen molar-refractivity contribution >= 4 is 11.7 Å². The first-order valence-electron chi connectivity index (χ1n) is 10.4. The third-order valence-electron chi connectivity index (χ3n) is 4.88. The monoisotopic (exact) mass is 484 g/mol. The van der Waals surface area contributed by atoms with Crippen LogP contribution < -0.4 is 44.1 Å². The molecule has 0 unspecified atom stereocenters. The number of nitrogens with zero attached hydrogens (tertiary/aromatic N) is 2. The van der Waals surface area contributed by atoms with Crippen molar-refractivity contribution in [1.82, 2.24) is 0 Å². The molecule has 0 atom stereocenters. The first kappa shape index (κ1) is 27.9. The van der Waals surface area contributed by atoms with Crippen LogP contribution in [0.2, 0.25) is 0 Å². The van der Waals surface area contributed by atoms with E-state index in [0.29, 0.717) is 28.3 Å². The number of aryl methyl sites for hydroxylation is 1. The Balaban J connectivity index is 0.00000432. The van der Waals surface area contributed by atoms with Gasteiger partial charge in [0.1, 0.15) is 43.4 Å². The predicted octanol–water partition coefficient (Wildman–Crippen LogP) is 0.392. The SMILES string of the molecule is CO/N=C(\COc1ccc(COc2ccc(CCC(=O)[O-])c(F)c2)cc1)c1ccc(C#N)cc1.[Na+]. The fourth-order valence-corrected chi connectivity index (χ4v) is 3.07. The van der Waals surface area contributed by atoms with Crippen LogP contribution in [0.1, 0.15) is 28.7 Å². The fourth-order valence-electron chi connectivity index (χ4n) is 3.07. The van der Waals surface area contributed by atoms with Crippen LogP contribution in [0.25, 0.3) is 0 Å². The second kappa shape index (κ2) is 14.1. The van der Waals surface area contributed by atoms with Crippen molar-refractivity contribution in [3.8, 4) is 17.6 Å². The van der Waals surface area contributed by atoms with E-state index in [9.17, 15) is 14.3 Å². The van der Waals surface area contributed by atoms with E-state index in [2.05, 4.69) is 11.2 Å². The van der Waals surface area contributed by atoms with Crippen molar-refractivity contribution in [2.24, 2.45) is 5.16 Å². The second-order valence-corrected chi connectivity index (χ2v) is 7.26. The molecule has 0 saturated carbocycles. The van der Waals surface area contributed by atoms with Gasteiger partial charge in [-0.15, -0.1) is 0 Å². The normalized spacial score (nSPS) is 10.6. The topological polar surface area (TPSA) is 104 Å². The number of carbonyl (C=O) groups excluding carboxylic acids is 1. The van der Waals surface area contributed by atoms with Crippen molar-refractivity contribution in [1.29, 1.82) is 5.26 Å². The molecule has 0 aromatic heterocycles. The molecule has 3 aromatic carbocycles. The van der Waals surface area contributed by atoms with Gasteiger partial charge in [0.25, 0.3) is 0 Å². The van der Waals surface area contributed by atoms with Gasteiger partial charge in [-0.3, -0.25) is 0 Å². The van der Waals surface area contributed by atoms with Crippen LogP contribution in [-0.2, 0) is 22.7 Å². The van der Waals surface area contributed by atoms with Crippen LogP contribution in [0.15, 0.2) is 71.9 Å². The van der Waals surface area contributed by atoms with Gasteiger partial charge in [0, 0.05) is 17.6 Å². The number of carboxylic acid groups (broad SMARTS) is 1. The van der Waals surface area contributed by atoms with E-state index in [1.165, 1.54) is 19.2 Å². The van der Waals surface area contributed by atoms with Gasteiger partial charge in [-0.1, -0.05) is 35.5 Å². The maximum Gasteiger partial charge on any atom is 1.00 e. The zero-order valence-electron chi connectivity index (χ0n) is 19.5. The van der Waals surface area contributed by atoms with E-state index < -0.39 is 11.8 Å². The molecule has 0 aliphatic carbocycles. The van der Waals surface area contributed by atoms with Gasteiger partial charge >= 0.3 is 29.6 Å². The van der Waals surface area contributed by atoms with E-state index in [1.807, 2.05) is 12.1 Å². The molecule has 7 nitrogen and oxygen atoms in total. The molecule has 0 amide bonds. The molecule has 9 heteroatoms. The standard InChI is InChI=1S/C26H23FN2O5.Na/c1-32-29-25(21-6-2-18(15-28)3-7-21)17-34-22-10-4-19(5-11-22)16-33-23-12-8-20(24(27)14-23)9-13-26(30)31;/h2-8,10-12,14H,9,13,16-17H2,1H3,(H,30,31);/q;+1/p-1/b29-25+;. The Morgan fingerprint density at radius 1 is 1.03 bits per heavy atom. The predicted molar refractivity (Wildman–Crippen MR) is 121 cm³/mol. The third-order valence-corrected chi connectivity index (χ3v) is 4.88. The molecule has 0 spiro atoms. The van der Waals surface area contributed by atoms with Gasteiger partial charge in [0.2, 0.25) is 0 Å². The summed E-state index contributed by atoms with van der Waals surface area (Å²) >= 11 is 0. The number of nitriles is 1. The molecule has 0 N–H and O–H groups in total. The molecule has 0 aliphatic heterocycles. The summed E-state index contributed by atoms with van der Waals surface area (Å²) < 4.78 is 25.5. The fraction of sp³-hybridized carbons (Fsp3) is 0.192. The Bertz CT molecular complexity index is 1190. The molecule has 0 saturated heterocycles. The minimum absolute atomic E-state index is 0. The van der Waals surface area contributed by atoms with Gasteiger partial charge in [-0.05, 0) is 54.3 Å². The number of carbonyl (C=O) groups is 1. The molecule has 3 aromatic rings. The van der Waals surface area contributed by atoms with Crippen molar-refractivity contribution in [2.45, 2.75) is 19.4 Å². The van der Waals surface area contributed by atoms with E-state index in [4.69, 9.17) is 19.6 Å². The molecular formula is C26H22FN2NaO5. The van der Waals surface area contributed by atoms with E-state index >= 15 is 0 Å². The molecule has 3 rings (SSSR count). The average Bonchev–Trinajstić information content (AvgIpc) is 2.85. The van der Waals surface area contributed by atoms with Crippen LogP contribution in [0, 0.1) is 17.1 Å². The summed E-state index contributed by atoms with van der Waals surface area (Å²) in [7, 11) is 1.45. The van der Waals surface area contributed by atoms with E-state index in [0.717, 1.165) is 11.1 Å². The Labute approximate surface area is 225 Å². The Kier molecular flexibility index (Phi) is 11.2. The van der Waals surface area contributed by atoms with E-state index in [1.54, 1.807) is 42.5 Å². The molecule has 0 radical (unpaired) electrons. The summed E-state index contributed by atoms with van der Waals surface area (Å²) in [5.41, 5.74) is 3.06. The number of aliphatic carboxylic acids is 1. The van der Waals surface area contributed by atoms with Crippen LogP contribution in [0.4, 0.5) is 4.39 Å². The van der Waals surface area contributed by atoms with Gasteiger partial charge in [0.05, 0.1) is 11.6 Å². The van der Waals surface area contributed by atoms with Crippen LogP contribution in [0.3, 0.4) is 0 Å². The minimum atomic E-state index is -1.22. The number of halogens is 1. The summed E-state index contributed by atoms with van der Waals surface area (Å²) in [6, 6.07) is 20.6. The minimum Gasteiger partial charge on any atom is -0.550 e. The number of carboxylic acids is 1. The van der Waals surface area contributed by atoms with Crippen molar-refractivity contribution in [2.75, 3.05) is 13.7 Å². The van der Waals surface area contributed by atoms with Gasteiger partial charge < -0.3 is 24.2 Å². The van der Waals surface area contributed by atoms with Crippen LogP contribution >= 0.6 is 0 Å². The first-order valence-corrected chi connectivity index (χ1v) is 10.4. The number of benzene rings is 3. The number of oxime groups is 1. The zero-order chi connectivity index (χ0) is 24.3. The van der Waals surface area contributed by atoms with Crippen LogP contribution in [-0.4, -0.2) is 25.4 Å². The average molecular weight is 484 g/mol. The molecule has 0 aliphatic rings. The van der Waals surface area contributed by atoms with Crippen molar-refractivity contribution in [3.05, 3.63) is 94.8 Å². The summed E-state index contributed by atoms with van der Waals surface area (Å²) in [5.74, 6) is -0.774. The number of rotatable bonds is 11. The molecule has 35 heavy (non-hydrogen) atoms. The molecule has 0 heterocycles. The summed E-state index contributed by atoms with van der Waals surface area (Å²) in [4.78, 5) is 15.4. The number of ether oxygens (including phenoxy) is 2. The number of hydrogen-bond donors (Lipinski definition) is 0. The molecule has 0 fully saturated rings. The quantitative estimate of drug-likeness (QED) is 0.222. The van der Waals surface area contributed by atoms with Crippen molar-refractivity contribution < 1.29 is 58.2 Å². The molecular weight excluding hydrogens is 462 g/mol. The second-order valence-electron chi connectivity index (χ2n) is 7.26. The third kappa shape index (κ3) is 8.72. The largest absolute Gasteiger partial charge is 1.00 e. The summed E-state index contributed by atoms with van der Waals surface area (Å²) in [6.07, 6.45) is -0.171. The smallest absolute Gasteiger partial charge is 0.550 e. The summed E-state index contributed by atoms with van der Waals surface area (Å²) in [6.45, 7) is 0.388. The van der Waals surface area contributed by atoms with E-state index in [-0.39, 0.29) is 55.6 Å². The summed E-state index contributed by atoms with van der Waals surface area (Å²) in [5, 5.41) is 23.5. The van der Waals surface area contributed by atoms with Gasteiger partial charge in [0.15, 0.2) is 0 Å². The Hall–Kier alpha value is -3.38. The maximum atomic E-state index is 14.1. The van der Waals surface area contributed by atoms with Crippen LogP contribution in [0.5, 0.6) is 11.5 Å². The Morgan fingerprint density at radius 2 is 1.71 bits per heavy atom. The Morgan fingerprint density at radius 3 is 2.31 bits per heavy atom. The van der Waals surface area contributed by atoms with Gasteiger partial charge in [-0.2, -0.15) is 5.26 Å². The zero-order valence-corrected chi connectivity index (χ0v) is 21.5. The first-order chi connectivity index (χ1) is 16.5. The number of hydrogen-bond acceptors (Lipinski definition) is 7. The molecule has 174 valence electrons. The van der Waals surface area contributed by atoms with Gasteiger partial charge in [-0.25, -0.2) is 4.39 Å². The maximum absolute atomic E-state index is 14.1. The van der Waals surface area contributed by atoms with Crippen molar-refractivity contribution in [3.63, 3.8) is 0 Å². The molecule has 0 bridgehead atoms.